The van der Waals surface area contributed by atoms with Gasteiger partial charge in [0.15, 0.2) is 17.2 Å². The molecule has 1 unspecified atom stereocenters. The summed E-state index contributed by atoms with van der Waals surface area (Å²) in [5, 5.41) is 20.5. The lowest BCUT2D eigenvalue weighted by molar-refractivity contribution is -0.385. The number of amides is 2. The van der Waals surface area contributed by atoms with E-state index in [4.69, 9.17) is 9.47 Å². The lowest BCUT2D eigenvalue weighted by Crippen LogP contribution is -2.55. The molecule has 156 valence electrons. The topological polar surface area (TPSA) is 122 Å². The first kappa shape index (κ1) is 19.5. The van der Waals surface area contributed by atoms with Crippen LogP contribution in [0.4, 0.5) is 5.69 Å². The molecule has 2 amide bonds. The van der Waals surface area contributed by atoms with Crippen LogP contribution in [0.25, 0.3) is 0 Å². The largest absolute Gasteiger partial charge is 0.502 e. The molecule has 2 aliphatic rings. The van der Waals surface area contributed by atoms with Gasteiger partial charge in [0, 0.05) is 37.8 Å². The van der Waals surface area contributed by atoms with Crippen molar-refractivity contribution in [1.29, 1.82) is 0 Å². The number of hydrogen-bond donors (Lipinski definition) is 1. The second-order valence-corrected chi connectivity index (χ2v) is 6.94. The molecule has 1 fully saturated rings. The molecular weight excluding hydrogens is 394 g/mol. The van der Waals surface area contributed by atoms with Crippen molar-refractivity contribution in [2.24, 2.45) is 0 Å². The van der Waals surface area contributed by atoms with Crippen LogP contribution in [-0.4, -0.2) is 70.5 Å². The maximum absolute atomic E-state index is 12.8. The number of aromatic hydroxyl groups is 1. The van der Waals surface area contributed by atoms with Gasteiger partial charge in [0.05, 0.1) is 4.92 Å². The number of nitro groups is 1. The Kier molecular flexibility index (Phi) is 5.13. The zero-order chi connectivity index (χ0) is 21.3. The fourth-order valence-electron chi connectivity index (χ4n) is 3.47. The lowest BCUT2D eigenvalue weighted by atomic mass is 10.1. The number of carbonyl (C=O) groups is 2. The van der Waals surface area contributed by atoms with Crippen molar-refractivity contribution in [3.63, 3.8) is 0 Å². The van der Waals surface area contributed by atoms with E-state index in [1.807, 2.05) is 6.07 Å². The molecule has 0 saturated carbocycles. The molecule has 0 aliphatic carbocycles. The molecule has 0 radical (unpaired) electrons. The summed E-state index contributed by atoms with van der Waals surface area (Å²) in [5.41, 5.74) is -0.309. The third kappa shape index (κ3) is 3.71. The Balaban J connectivity index is 1.36. The average molecular weight is 413 g/mol. The minimum Gasteiger partial charge on any atom is -0.502 e. The smallest absolute Gasteiger partial charge is 0.310 e. The van der Waals surface area contributed by atoms with Crippen molar-refractivity contribution in [1.82, 2.24) is 9.80 Å². The molecule has 10 nitrogen and oxygen atoms in total. The third-order valence-corrected chi connectivity index (χ3v) is 5.08. The minimum atomic E-state index is -0.742. The fourth-order valence-corrected chi connectivity index (χ4v) is 3.47. The van der Waals surface area contributed by atoms with Crippen LogP contribution in [0.5, 0.6) is 17.2 Å². The van der Waals surface area contributed by atoms with Crippen LogP contribution >= 0.6 is 0 Å². The van der Waals surface area contributed by atoms with Crippen LogP contribution < -0.4 is 9.47 Å². The van der Waals surface area contributed by atoms with Gasteiger partial charge in [0.25, 0.3) is 11.8 Å². The van der Waals surface area contributed by atoms with Crippen molar-refractivity contribution < 1.29 is 29.1 Å². The first-order valence-corrected chi connectivity index (χ1v) is 9.38. The number of carbonyl (C=O) groups excluding carboxylic acids is 2. The summed E-state index contributed by atoms with van der Waals surface area (Å²) in [6, 6.07) is 10.6. The Labute approximate surface area is 171 Å². The summed E-state index contributed by atoms with van der Waals surface area (Å²) in [5.74, 6) is -0.00495. The minimum absolute atomic E-state index is 0.122. The number of phenols is 1. The Morgan fingerprint density at radius 2 is 1.70 bits per heavy atom. The molecule has 10 heteroatoms. The Hall–Kier alpha value is -3.82. The van der Waals surface area contributed by atoms with Crippen LogP contribution in [0.15, 0.2) is 42.5 Å². The van der Waals surface area contributed by atoms with Crippen LogP contribution in [-0.2, 0) is 4.79 Å². The van der Waals surface area contributed by atoms with E-state index in [1.165, 1.54) is 11.0 Å². The average Bonchev–Trinajstić information content (AvgIpc) is 2.77. The Bertz CT molecular complexity index is 1000. The van der Waals surface area contributed by atoms with Crippen molar-refractivity contribution >= 4 is 17.5 Å². The lowest BCUT2D eigenvalue weighted by Gasteiger charge is -2.37. The van der Waals surface area contributed by atoms with Crippen LogP contribution in [0.1, 0.15) is 10.4 Å². The number of benzene rings is 2. The van der Waals surface area contributed by atoms with E-state index in [0.717, 1.165) is 12.1 Å². The van der Waals surface area contributed by atoms with Gasteiger partial charge in [-0.15, -0.1) is 0 Å². The number of para-hydroxylation sites is 2. The van der Waals surface area contributed by atoms with E-state index in [1.54, 1.807) is 23.1 Å². The Morgan fingerprint density at radius 1 is 1.03 bits per heavy atom. The quantitative estimate of drug-likeness (QED) is 0.596. The summed E-state index contributed by atoms with van der Waals surface area (Å²) in [6.45, 7) is 1.37. The third-order valence-electron chi connectivity index (χ3n) is 5.08. The number of ether oxygens (including phenoxy) is 2. The molecule has 1 saturated heterocycles. The first-order valence-electron chi connectivity index (χ1n) is 9.38. The number of nitrogens with zero attached hydrogens (tertiary/aromatic N) is 3. The molecule has 2 aromatic carbocycles. The van der Waals surface area contributed by atoms with Crippen molar-refractivity contribution in [2.45, 2.75) is 6.10 Å². The van der Waals surface area contributed by atoms with E-state index < -0.39 is 22.5 Å². The molecule has 4 rings (SSSR count). The van der Waals surface area contributed by atoms with Crippen LogP contribution in [0, 0.1) is 10.1 Å². The predicted molar refractivity (Wildman–Crippen MR) is 104 cm³/mol. The predicted octanol–water partition coefficient (Wildman–Crippen LogP) is 1.42. The summed E-state index contributed by atoms with van der Waals surface area (Å²) in [7, 11) is 0. The van der Waals surface area contributed by atoms with Gasteiger partial charge >= 0.3 is 5.69 Å². The van der Waals surface area contributed by atoms with E-state index >= 15 is 0 Å². The Morgan fingerprint density at radius 3 is 2.37 bits per heavy atom. The van der Waals surface area contributed by atoms with E-state index in [-0.39, 0.29) is 24.0 Å². The fraction of sp³-hybridized carbons (Fsp3) is 0.300. The zero-order valence-electron chi connectivity index (χ0n) is 15.9. The summed E-state index contributed by atoms with van der Waals surface area (Å²) < 4.78 is 11.3. The molecule has 2 aliphatic heterocycles. The summed E-state index contributed by atoms with van der Waals surface area (Å²) in [4.78, 5) is 38.7. The number of hydrogen-bond acceptors (Lipinski definition) is 7. The van der Waals surface area contributed by atoms with Gasteiger partial charge in [-0.2, -0.15) is 0 Å². The number of piperazine rings is 1. The number of nitro benzene ring substituents is 1. The number of phenolic OH excluding ortho intramolecular Hbond substituents is 1. The van der Waals surface area contributed by atoms with E-state index in [0.29, 0.717) is 37.7 Å². The van der Waals surface area contributed by atoms with Gasteiger partial charge < -0.3 is 24.4 Å². The van der Waals surface area contributed by atoms with E-state index in [2.05, 4.69) is 0 Å². The second-order valence-electron chi connectivity index (χ2n) is 6.94. The van der Waals surface area contributed by atoms with Crippen molar-refractivity contribution in [3.8, 4) is 17.2 Å². The van der Waals surface area contributed by atoms with Crippen LogP contribution in [0.2, 0.25) is 0 Å². The first-order chi connectivity index (χ1) is 14.4. The molecule has 1 N–H and O–H groups in total. The normalized spacial score (nSPS) is 18.1. The van der Waals surface area contributed by atoms with Gasteiger partial charge in [-0.05, 0) is 24.3 Å². The summed E-state index contributed by atoms with van der Waals surface area (Å²) >= 11 is 0. The van der Waals surface area contributed by atoms with Gasteiger partial charge in [0.2, 0.25) is 6.10 Å². The molecule has 30 heavy (non-hydrogen) atoms. The molecule has 1 atom stereocenters. The van der Waals surface area contributed by atoms with Crippen molar-refractivity contribution in [2.75, 3.05) is 32.8 Å². The van der Waals surface area contributed by atoms with E-state index in [9.17, 15) is 24.8 Å². The maximum atomic E-state index is 12.8. The van der Waals surface area contributed by atoms with Gasteiger partial charge in [-0.25, -0.2) is 0 Å². The highest BCUT2D eigenvalue weighted by molar-refractivity contribution is 5.95. The van der Waals surface area contributed by atoms with Crippen molar-refractivity contribution in [3.05, 3.63) is 58.1 Å². The molecule has 0 aromatic heterocycles. The number of rotatable bonds is 3. The standard InChI is InChI=1S/C20H19N3O7/c24-15-11-13(5-6-14(15)23(27)28)19(25)21-7-9-22(10-8-21)20(26)18-12-29-16-3-1-2-4-17(16)30-18/h1-6,11,18,24H,7-10,12H2. The second kappa shape index (κ2) is 7.90. The molecular formula is C20H19N3O7. The SMILES string of the molecule is O=C(c1ccc([N+](=O)[O-])c(O)c1)N1CCN(C(=O)C2COc3ccccc3O2)CC1. The molecule has 0 spiro atoms. The highest BCUT2D eigenvalue weighted by atomic mass is 16.6. The summed E-state index contributed by atoms with van der Waals surface area (Å²) in [6.07, 6.45) is -0.742. The number of fused-ring (bicyclic) bond motifs is 1. The van der Waals surface area contributed by atoms with Gasteiger partial charge in [-0.3, -0.25) is 19.7 Å². The molecule has 2 heterocycles. The van der Waals surface area contributed by atoms with Gasteiger partial charge in [-0.1, -0.05) is 12.1 Å². The van der Waals surface area contributed by atoms with Gasteiger partial charge in [0.1, 0.15) is 6.61 Å². The molecule has 2 aromatic rings. The maximum Gasteiger partial charge on any atom is 0.310 e. The molecule has 0 bridgehead atoms. The van der Waals surface area contributed by atoms with Crippen LogP contribution in [0.3, 0.4) is 0 Å². The highest BCUT2D eigenvalue weighted by Crippen LogP contribution is 2.31. The zero-order valence-corrected chi connectivity index (χ0v) is 15.9. The monoisotopic (exact) mass is 413 g/mol. The highest BCUT2D eigenvalue weighted by Gasteiger charge is 2.33.